The van der Waals surface area contributed by atoms with Gasteiger partial charge in [-0.15, -0.1) is 11.3 Å². The van der Waals surface area contributed by atoms with Gasteiger partial charge >= 0.3 is 0 Å². The SMILES string of the molecule is Cc1ccsc1C(=O)NCCCN(C)S(C)(=O)=O. The lowest BCUT2D eigenvalue weighted by Crippen LogP contribution is -2.30. The smallest absolute Gasteiger partial charge is 0.261 e. The van der Waals surface area contributed by atoms with Gasteiger partial charge in [0.2, 0.25) is 10.0 Å². The van der Waals surface area contributed by atoms with Crippen molar-refractivity contribution in [1.82, 2.24) is 9.62 Å². The van der Waals surface area contributed by atoms with Crippen LogP contribution in [-0.2, 0) is 10.0 Å². The van der Waals surface area contributed by atoms with Crippen molar-refractivity contribution in [3.05, 3.63) is 21.9 Å². The van der Waals surface area contributed by atoms with Crippen LogP contribution >= 0.6 is 11.3 Å². The second-order valence-corrected chi connectivity index (χ2v) is 7.13. The standard InChI is InChI=1S/C11H18N2O3S2/c1-9-5-8-17-10(9)11(14)12-6-4-7-13(2)18(3,15)16/h5,8H,4,6-7H2,1-3H3,(H,12,14). The van der Waals surface area contributed by atoms with E-state index >= 15 is 0 Å². The van der Waals surface area contributed by atoms with Gasteiger partial charge in [-0.05, 0) is 30.4 Å². The van der Waals surface area contributed by atoms with E-state index in [1.165, 1.54) is 28.9 Å². The molecule has 0 saturated carbocycles. The van der Waals surface area contributed by atoms with Crippen molar-refractivity contribution in [2.24, 2.45) is 0 Å². The third-order valence-electron chi connectivity index (χ3n) is 2.57. The van der Waals surface area contributed by atoms with E-state index in [-0.39, 0.29) is 5.91 Å². The molecule has 1 rings (SSSR count). The highest BCUT2D eigenvalue weighted by molar-refractivity contribution is 7.88. The second kappa shape index (κ2) is 6.31. The Balaban J connectivity index is 2.31. The van der Waals surface area contributed by atoms with Crippen LogP contribution in [-0.4, -0.2) is 45.0 Å². The molecule has 1 heterocycles. The van der Waals surface area contributed by atoms with Crippen molar-refractivity contribution in [1.29, 1.82) is 0 Å². The minimum Gasteiger partial charge on any atom is -0.351 e. The summed E-state index contributed by atoms with van der Waals surface area (Å²) in [6, 6.07) is 1.90. The summed E-state index contributed by atoms with van der Waals surface area (Å²) in [5, 5.41) is 4.66. The predicted molar refractivity (Wildman–Crippen MR) is 73.5 cm³/mol. The molecule has 1 amide bonds. The van der Waals surface area contributed by atoms with Crippen LogP contribution in [0.4, 0.5) is 0 Å². The fourth-order valence-corrected chi connectivity index (χ4v) is 2.66. The number of nitrogens with zero attached hydrogens (tertiary/aromatic N) is 1. The molecule has 0 unspecified atom stereocenters. The molecule has 102 valence electrons. The normalized spacial score (nSPS) is 11.8. The molecule has 1 aromatic heterocycles. The van der Waals surface area contributed by atoms with Crippen LogP contribution < -0.4 is 5.32 Å². The van der Waals surface area contributed by atoms with Crippen molar-refractivity contribution in [2.75, 3.05) is 26.4 Å². The lowest BCUT2D eigenvalue weighted by Gasteiger charge is -2.13. The Bertz CT molecular complexity index is 508. The number of sulfonamides is 1. The van der Waals surface area contributed by atoms with E-state index in [1.54, 1.807) is 0 Å². The molecule has 7 heteroatoms. The molecule has 1 aromatic rings. The molecule has 0 saturated heterocycles. The monoisotopic (exact) mass is 290 g/mol. The number of thiophene rings is 1. The molecule has 18 heavy (non-hydrogen) atoms. The molecular formula is C11H18N2O3S2. The molecule has 0 fully saturated rings. The fraction of sp³-hybridized carbons (Fsp3) is 0.545. The lowest BCUT2D eigenvalue weighted by molar-refractivity contribution is 0.0956. The first kappa shape index (κ1) is 15.1. The van der Waals surface area contributed by atoms with Gasteiger partial charge in [0.25, 0.3) is 5.91 Å². The summed E-state index contributed by atoms with van der Waals surface area (Å²) >= 11 is 1.41. The van der Waals surface area contributed by atoms with Crippen LogP contribution in [0.25, 0.3) is 0 Å². The van der Waals surface area contributed by atoms with Gasteiger partial charge in [0, 0.05) is 20.1 Å². The zero-order valence-electron chi connectivity index (χ0n) is 10.8. The lowest BCUT2D eigenvalue weighted by atomic mass is 10.3. The minimum atomic E-state index is -3.13. The highest BCUT2D eigenvalue weighted by Gasteiger charge is 2.11. The van der Waals surface area contributed by atoms with Gasteiger partial charge < -0.3 is 5.32 Å². The Labute approximate surface area is 112 Å². The van der Waals surface area contributed by atoms with Crippen molar-refractivity contribution in [3.8, 4) is 0 Å². The molecule has 0 aromatic carbocycles. The maximum atomic E-state index is 11.7. The molecule has 0 aliphatic heterocycles. The quantitative estimate of drug-likeness (QED) is 0.797. The van der Waals surface area contributed by atoms with Gasteiger partial charge in [-0.2, -0.15) is 0 Å². The molecule has 0 aliphatic carbocycles. The summed E-state index contributed by atoms with van der Waals surface area (Å²) in [7, 11) is -1.60. The van der Waals surface area contributed by atoms with Gasteiger partial charge in [0.1, 0.15) is 0 Å². The number of nitrogens with one attached hydrogen (secondary N) is 1. The van der Waals surface area contributed by atoms with Gasteiger partial charge in [-0.1, -0.05) is 0 Å². The Hall–Kier alpha value is -0.920. The first-order chi connectivity index (χ1) is 8.32. The van der Waals surface area contributed by atoms with Crippen LogP contribution in [0.5, 0.6) is 0 Å². The molecule has 0 bridgehead atoms. The molecular weight excluding hydrogens is 272 g/mol. The minimum absolute atomic E-state index is 0.0930. The Morgan fingerprint density at radius 2 is 2.17 bits per heavy atom. The number of rotatable bonds is 6. The largest absolute Gasteiger partial charge is 0.351 e. The number of carbonyl (C=O) groups excluding carboxylic acids is 1. The number of hydrogen-bond donors (Lipinski definition) is 1. The average Bonchev–Trinajstić information content (AvgIpc) is 2.68. The van der Waals surface area contributed by atoms with Gasteiger partial charge in [0.15, 0.2) is 0 Å². The molecule has 1 N–H and O–H groups in total. The number of hydrogen-bond acceptors (Lipinski definition) is 4. The summed E-state index contributed by atoms with van der Waals surface area (Å²) in [5.41, 5.74) is 0.964. The molecule has 0 spiro atoms. The summed E-state index contributed by atoms with van der Waals surface area (Å²) < 4.78 is 23.5. The van der Waals surface area contributed by atoms with Gasteiger partial charge in [-0.3, -0.25) is 4.79 Å². The van der Waals surface area contributed by atoms with E-state index in [1.807, 2.05) is 18.4 Å². The van der Waals surface area contributed by atoms with E-state index in [4.69, 9.17) is 0 Å². The highest BCUT2D eigenvalue weighted by Crippen LogP contribution is 2.14. The van der Waals surface area contributed by atoms with Crippen molar-refractivity contribution in [3.63, 3.8) is 0 Å². The van der Waals surface area contributed by atoms with Crippen LogP contribution in [0, 0.1) is 6.92 Å². The van der Waals surface area contributed by atoms with Crippen molar-refractivity contribution in [2.45, 2.75) is 13.3 Å². The van der Waals surface area contributed by atoms with Crippen LogP contribution in [0.3, 0.4) is 0 Å². The molecule has 0 atom stereocenters. The predicted octanol–water partition coefficient (Wildman–Crippen LogP) is 1.07. The fourth-order valence-electron chi connectivity index (χ4n) is 1.36. The Kier molecular flexibility index (Phi) is 5.30. The van der Waals surface area contributed by atoms with Crippen molar-refractivity contribution < 1.29 is 13.2 Å². The van der Waals surface area contributed by atoms with Gasteiger partial charge in [0.05, 0.1) is 11.1 Å². The zero-order valence-corrected chi connectivity index (χ0v) is 12.4. The average molecular weight is 290 g/mol. The Morgan fingerprint density at radius 3 is 2.67 bits per heavy atom. The van der Waals surface area contributed by atoms with Crippen LogP contribution in [0.1, 0.15) is 21.7 Å². The van der Waals surface area contributed by atoms with Crippen molar-refractivity contribution >= 4 is 27.3 Å². The highest BCUT2D eigenvalue weighted by atomic mass is 32.2. The summed E-state index contributed by atoms with van der Waals surface area (Å²) in [6.07, 6.45) is 1.76. The zero-order chi connectivity index (χ0) is 13.8. The number of carbonyl (C=O) groups is 1. The first-order valence-corrected chi connectivity index (χ1v) is 8.29. The second-order valence-electron chi connectivity index (χ2n) is 4.13. The van der Waals surface area contributed by atoms with Crippen LogP contribution in [0.15, 0.2) is 11.4 Å². The first-order valence-electron chi connectivity index (χ1n) is 5.56. The van der Waals surface area contributed by atoms with E-state index in [9.17, 15) is 13.2 Å². The van der Waals surface area contributed by atoms with E-state index in [2.05, 4.69) is 5.32 Å². The maximum absolute atomic E-state index is 11.7. The van der Waals surface area contributed by atoms with E-state index in [0.717, 1.165) is 5.56 Å². The number of amides is 1. The van der Waals surface area contributed by atoms with Gasteiger partial charge in [-0.25, -0.2) is 12.7 Å². The third-order valence-corrected chi connectivity index (χ3v) is 4.90. The number of aryl methyl sites for hydroxylation is 1. The topological polar surface area (TPSA) is 66.5 Å². The van der Waals surface area contributed by atoms with E-state index < -0.39 is 10.0 Å². The third kappa shape index (κ3) is 4.40. The summed E-state index contributed by atoms with van der Waals surface area (Å²) in [6.45, 7) is 2.77. The summed E-state index contributed by atoms with van der Waals surface area (Å²) in [4.78, 5) is 12.4. The van der Waals surface area contributed by atoms with Crippen LogP contribution in [0.2, 0.25) is 0 Å². The maximum Gasteiger partial charge on any atom is 0.261 e. The molecule has 0 radical (unpaired) electrons. The summed E-state index contributed by atoms with van der Waals surface area (Å²) in [5.74, 6) is -0.0930. The van der Waals surface area contributed by atoms with E-state index in [0.29, 0.717) is 24.4 Å². The Morgan fingerprint density at radius 1 is 1.50 bits per heavy atom. The molecule has 5 nitrogen and oxygen atoms in total. The molecule has 0 aliphatic rings.